The van der Waals surface area contributed by atoms with Gasteiger partial charge in [0.2, 0.25) is 0 Å². The van der Waals surface area contributed by atoms with Gasteiger partial charge in [-0.15, -0.1) is 10.1 Å². The Morgan fingerprint density at radius 3 is 2.39 bits per heavy atom. The second-order valence-electron chi connectivity index (χ2n) is 10.1. The monoisotopic (exact) mass is 568 g/mol. The van der Waals surface area contributed by atoms with Crippen molar-refractivity contribution in [2.24, 2.45) is 5.92 Å². The molecular weight excluding hydrogens is 524 g/mol. The predicted octanol–water partition coefficient (Wildman–Crippen LogP) is 5.50. The number of hydrogen-bond donors (Lipinski definition) is 1. The van der Waals surface area contributed by atoms with E-state index in [1.807, 2.05) is 36.4 Å². The first-order chi connectivity index (χ1) is 19.9. The average molecular weight is 569 g/mol. The molecule has 0 saturated carbocycles. The third-order valence-electron chi connectivity index (χ3n) is 7.08. The van der Waals surface area contributed by atoms with Crippen molar-refractivity contribution >= 4 is 5.91 Å². The maximum atomic E-state index is 11.9. The summed E-state index contributed by atoms with van der Waals surface area (Å²) in [5.74, 6) is 1.04. The van der Waals surface area contributed by atoms with Gasteiger partial charge in [-0.05, 0) is 68.1 Å². The van der Waals surface area contributed by atoms with Crippen molar-refractivity contribution in [3.8, 4) is 17.6 Å². The first-order valence-corrected chi connectivity index (χ1v) is 14.4. The van der Waals surface area contributed by atoms with E-state index in [2.05, 4.69) is 47.2 Å². The highest BCUT2D eigenvalue weighted by Gasteiger charge is 2.20. The van der Waals surface area contributed by atoms with E-state index >= 15 is 0 Å². The van der Waals surface area contributed by atoms with Crippen LogP contribution >= 0.6 is 0 Å². The number of amides is 1. The van der Waals surface area contributed by atoms with Crippen LogP contribution in [0.5, 0.6) is 11.5 Å². The summed E-state index contributed by atoms with van der Waals surface area (Å²) in [6.07, 6.45) is 8.17. The van der Waals surface area contributed by atoms with Crippen molar-refractivity contribution in [2.45, 2.75) is 64.3 Å². The zero-order chi connectivity index (χ0) is 29.9. The molecule has 2 atom stereocenters. The number of nitrogens with zero attached hydrogens (tertiary/aromatic N) is 3. The van der Waals surface area contributed by atoms with Crippen molar-refractivity contribution in [3.63, 3.8) is 0 Å². The molecule has 0 aromatic heterocycles. The van der Waals surface area contributed by atoms with Gasteiger partial charge in [-0.1, -0.05) is 56.9 Å². The summed E-state index contributed by atoms with van der Waals surface area (Å²) in [4.78, 5) is 28.6. The third kappa shape index (κ3) is 13.4. The number of methoxy groups -OCH3 is 1. The van der Waals surface area contributed by atoms with Gasteiger partial charge in [-0.3, -0.25) is 9.69 Å². The van der Waals surface area contributed by atoms with Crippen molar-refractivity contribution in [2.75, 3.05) is 40.5 Å². The Hall–Kier alpha value is -3.84. The maximum Gasteiger partial charge on any atom is 0.294 e. The summed E-state index contributed by atoms with van der Waals surface area (Å²) in [5.41, 5.74) is 2.35. The van der Waals surface area contributed by atoms with E-state index in [4.69, 9.17) is 9.47 Å². The highest BCUT2D eigenvalue weighted by molar-refractivity contribution is 5.77. The molecule has 0 fully saturated rings. The standard InChI is InChI=1S/C31H44N4O6/c1-4-5-6-7-8-26(23-32)11-18-30(34(2)21-19-25-9-14-28(39-3)15-10-25)27-12-16-29(17-13-27)40-24-31(36)33-20-22-41-35(37)38/h9-10,12-17,26,30H,4-8,11,18-22,24H2,1-3H3,(H,33,36). The Bertz CT molecular complexity index is 1070. The summed E-state index contributed by atoms with van der Waals surface area (Å²) in [6, 6.07) is 18.5. The molecular formula is C31H44N4O6. The van der Waals surface area contributed by atoms with Gasteiger partial charge < -0.3 is 19.6 Å². The zero-order valence-corrected chi connectivity index (χ0v) is 24.5. The molecule has 1 N–H and O–H groups in total. The Morgan fingerprint density at radius 2 is 1.76 bits per heavy atom. The van der Waals surface area contributed by atoms with Crippen LogP contribution in [-0.4, -0.2) is 56.4 Å². The first-order valence-electron chi connectivity index (χ1n) is 14.4. The van der Waals surface area contributed by atoms with Crippen LogP contribution in [0.25, 0.3) is 0 Å². The molecule has 0 aliphatic carbocycles. The van der Waals surface area contributed by atoms with Crippen LogP contribution in [0, 0.1) is 27.4 Å². The second kappa shape index (κ2) is 19.3. The molecule has 10 heteroatoms. The van der Waals surface area contributed by atoms with Gasteiger partial charge >= 0.3 is 0 Å². The number of nitrogens with one attached hydrogen (secondary N) is 1. The lowest BCUT2D eigenvalue weighted by Gasteiger charge is -2.29. The summed E-state index contributed by atoms with van der Waals surface area (Å²) < 4.78 is 10.9. The highest BCUT2D eigenvalue weighted by atomic mass is 16.9. The molecule has 2 aromatic rings. The van der Waals surface area contributed by atoms with Crippen molar-refractivity contribution in [3.05, 3.63) is 69.8 Å². The number of ether oxygens (including phenoxy) is 2. The molecule has 2 aromatic carbocycles. The molecule has 0 radical (unpaired) electrons. The normalized spacial score (nSPS) is 12.3. The summed E-state index contributed by atoms with van der Waals surface area (Å²) in [6.45, 7) is 2.65. The Kier molecular flexibility index (Phi) is 15.7. The summed E-state index contributed by atoms with van der Waals surface area (Å²) in [5, 5.41) is 21.6. The summed E-state index contributed by atoms with van der Waals surface area (Å²) >= 11 is 0. The van der Waals surface area contributed by atoms with Crippen LogP contribution < -0.4 is 14.8 Å². The van der Waals surface area contributed by atoms with Gasteiger partial charge in [0.05, 0.1) is 13.2 Å². The van der Waals surface area contributed by atoms with Crippen LogP contribution in [0.1, 0.15) is 69.0 Å². The fraction of sp³-hybridized carbons (Fsp3) is 0.548. The van der Waals surface area contributed by atoms with Crippen LogP contribution in [0.2, 0.25) is 0 Å². The van der Waals surface area contributed by atoms with E-state index in [0.717, 1.165) is 50.0 Å². The molecule has 2 unspecified atom stereocenters. The molecule has 0 aliphatic heterocycles. The number of nitriles is 1. The smallest absolute Gasteiger partial charge is 0.294 e. The lowest BCUT2D eigenvalue weighted by atomic mass is 9.92. The van der Waals surface area contributed by atoms with E-state index in [0.29, 0.717) is 5.75 Å². The highest BCUT2D eigenvalue weighted by Crippen LogP contribution is 2.29. The van der Waals surface area contributed by atoms with Crippen LogP contribution in [0.4, 0.5) is 0 Å². The van der Waals surface area contributed by atoms with Gasteiger partial charge in [0, 0.05) is 25.0 Å². The molecule has 0 bridgehead atoms. The lowest BCUT2D eigenvalue weighted by molar-refractivity contribution is -0.757. The lowest BCUT2D eigenvalue weighted by Crippen LogP contribution is -2.32. The molecule has 41 heavy (non-hydrogen) atoms. The number of likely N-dealkylation sites (N-methyl/N-ethyl adjacent to an activating group) is 1. The van der Waals surface area contributed by atoms with Crippen LogP contribution in [0.3, 0.4) is 0 Å². The van der Waals surface area contributed by atoms with E-state index in [-0.39, 0.29) is 31.7 Å². The number of carbonyl (C=O) groups excluding carboxylic acids is 1. The summed E-state index contributed by atoms with van der Waals surface area (Å²) in [7, 11) is 3.78. The van der Waals surface area contributed by atoms with E-state index in [9.17, 15) is 20.2 Å². The third-order valence-corrected chi connectivity index (χ3v) is 7.08. The minimum absolute atomic E-state index is 0.0228. The Labute approximate surface area is 243 Å². The number of benzene rings is 2. The second-order valence-corrected chi connectivity index (χ2v) is 10.1. The number of unbranched alkanes of at least 4 members (excludes halogenated alkanes) is 3. The predicted molar refractivity (Wildman–Crippen MR) is 157 cm³/mol. The fourth-order valence-corrected chi connectivity index (χ4v) is 4.64. The minimum atomic E-state index is -0.901. The SMILES string of the molecule is CCCCCCC(C#N)CCC(c1ccc(OCC(=O)NCCO[N+](=O)[O-])cc1)N(C)CCc1ccc(OC)cc1. The van der Waals surface area contributed by atoms with Gasteiger partial charge in [-0.25, -0.2) is 0 Å². The topological polar surface area (TPSA) is 127 Å². The molecule has 0 heterocycles. The molecule has 2 rings (SSSR count). The zero-order valence-electron chi connectivity index (χ0n) is 24.5. The molecule has 1 amide bonds. The van der Waals surface area contributed by atoms with E-state index in [1.165, 1.54) is 24.8 Å². The average Bonchev–Trinajstić information content (AvgIpc) is 2.99. The quantitative estimate of drug-likeness (QED) is 0.119. The Balaban J connectivity index is 2.00. The Morgan fingerprint density at radius 1 is 1.05 bits per heavy atom. The van der Waals surface area contributed by atoms with Gasteiger partial charge in [0.1, 0.15) is 18.1 Å². The van der Waals surface area contributed by atoms with Gasteiger partial charge in [0.15, 0.2) is 6.61 Å². The molecule has 224 valence electrons. The van der Waals surface area contributed by atoms with Crippen molar-refractivity contribution in [1.29, 1.82) is 5.26 Å². The maximum absolute atomic E-state index is 11.9. The molecule has 0 saturated heterocycles. The van der Waals surface area contributed by atoms with Crippen molar-refractivity contribution < 1.29 is 24.2 Å². The van der Waals surface area contributed by atoms with Crippen LogP contribution in [0.15, 0.2) is 48.5 Å². The van der Waals surface area contributed by atoms with Gasteiger partial charge in [0.25, 0.3) is 11.0 Å². The van der Waals surface area contributed by atoms with E-state index in [1.54, 1.807) is 7.11 Å². The molecule has 0 aliphatic rings. The van der Waals surface area contributed by atoms with Crippen molar-refractivity contribution in [1.82, 2.24) is 10.2 Å². The van der Waals surface area contributed by atoms with Crippen LogP contribution in [-0.2, 0) is 16.1 Å². The van der Waals surface area contributed by atoms with Gasteiger partial charge in [-0.2, -0.15) is 5.26 Å². The number of rotatable bonds is 21. The number of hydrogen-bond acceptors (Lipinski definition) is 8. The largest absolute Gasteiger partial charge is 0.497 e. The fourth-order valence-electron chi connectivity index (χ4n) is 4.64. The number of carbonyl (C=O) groups is 1. The van der Waals surface area contributed by atoms with E-state index < -0.39 is 11.0 Å². The molecule has 0 spiro atoms. The first kappa shape index (κ1) is 33.4. The molecule has 10 nitrogen and oxygen atoms in total. The minimum Gasteiger partial charge on any atom is -0.497 e.